The second kappa shape index (κ2) is 6.34. The number of phenols is 1. The van der Waals surface area contributed by atoms with Crippen molar-refractivity contribution >= 4 is 11.8 Å². The zero-order chi connectivity index (χ0) is 12.9. The van der Waals surface area contributed by atoms with Crippen LogP contribution in [0.4, 0.5) is 0 Å². The van der Waals surface area contributed by atoms with E-state index in [0.717, 1.165) is 11.3 Å². The van der Waals surface area contributed by atoms with Crippen LogP contribution in [-0.2, 0) is 11.2 Å². The van der Waals surface area contributed by atoms with E-state index in [2.05, 4.69) is 33.8 Å². The smallest absolute Gasteiger partial charge is 0.119 e. The van der Waals surface area contributed by atoms with Gasteiger partial charge in [0.2, 0.25) is 0 Å². The molecule has 0 aromatic heterocycles. The van der Waals surface area contributed by atoms with Gasteiger partial charge in [-0.25, -0.2) is 0 Å². The average molecular weight is 252 g/mol. The largest absolute Gasteiger partial charge is 0.508 e. The van der Waals surface area contributed by atoms with Crippen LogP contribution in [-0.4, -0.2) is 10.9 Å². The molecule has 0 atom stereocenters. The van der Waals surface area contributed by atoms with Crippen molar-refractivity contribution in [3.8, 4) is 5.75 Å². The first-order valence-electron chi connectivity index (χ1n) is 6.35. The van der Waals surface area contributed by atoms with E-state index in [-0.39, 0.29) is 5.41 Å². The number of aromatic hydroxyl groups is 1. The maximum atomic E-state index is 9.87. The Morgan fingerprint density at radius 2 is 1.94 bits per heavy atom. The SMILES string of the molecule is CCCCSCc1ccc(O)c(C(C)(C)C)c1. The molecule has 17 heavy (non-hydrogen) atoms. The van der Waals surface area contributed by atoms with Gasteiger partial charge in [0.15, 0.2) is 0 Å². The number of thioether (sulfide) groups is 1. The summed E-state index contributed by atoms with van der Waals surface area (Å²) in [6.07, 6.45) is 2.55. The number of benzene rings is 1. The lowest BCUT2D eigenvalue weighted by molar-refractivity contribution is 0.446. The Hall–Kier alpha value is -0.630. The zero-order valence-corrected chi connectivity index (χ0v) is 12.2. The van der Waals surface area contributed by atoms with Crippen molar-refractivity contribution in [2.75, 3.05) is 5.75 Å². The maximum Gasteiger partial charge on any atom is 0.119 e. The summed E-state index contributed by atoms with van der Waals surface area (Å²) in [5.74, 6) is 2.69. The fourth-order valence-corrected chi connectivity index (χ4v) is 2.76. The molecule has 0 radical (unpaired) electrons. The Kier molecular flexibility index (Phi) is 5.38. The number of unbranched alkanes of at least 4 members (excludes halogenated alkanes) is 1. The molecule has 1 aromatic carbocycles. The van der Waals surface area contributed by atoms with Crippen LogP contribution >= 0.6 is 11.8 Å². The van der Waals surface area contributed by atoms with Crippen LogP contribution in [0.3, 0.4) is 0 Å². The van der Waals surface area contributed by atoms with Crippen molar-refractivity contribution in [1.82, 2.24) is 0 Å². The summed E-state index contributed by atoms with van der Waals surface area (Å²) < 4.78 is 0. The molecular formula is C15H24OS. The third-order valence-corrected chi connectivity index (χ3v) is 3.89. The van der Waals surface area contributed by atoms with E-state index in [0.29, 0.717) is 5.75 Å². The van der Waals surface area contributed by atoms with Crippen LogP contribution < -0.4 is 0 Å². The van der Waals surface area contributed by atoms with Crippen LogP contribution in [0.5, 0.6) is 5.75 Å². The van der Waals surface area contributed by atoms with E-state index in [1.807, 2.05) is 23.9 Å². The summed E-state index contributed by atoms with van der Waals surface area (Å²) in [6, 6.07) is 6.01. The first-order chi connectivity index (χ1) is 7.95. The summed E-state index contributed by atoms with van der Waals surface area (Å²) in [4.78, 5) is 0. The summed E-state index contributed by atoms with van der Waals surface area (Å²) in [6.45, 7) is 8.63. The number of phenolic OH excluding ortho intramolecular Hbond substituents is 1. The third kappa shape index (κ3) is 4.63. The van der Waals surface area contributed by atoms with Crippen molar-refractivity contribution in [3.63, 3.8) is 0 Å². The molecule has 0 amide bonds. The van der Waals surface area contributed by atoms with E-state index in [4.69, 9.17) is 0 Å². The molecule has 1 rings (SSSR count). The summed E-state index contributed by atoms with van der Waals surface area (Å²) >= 11 is 1.97. The van der Waals surface area contributed by atoms with E-state index < -0.39 is 0 Å². The molecule has 2 heteroatoms. The molecule has 0 aliphatic heterocycles. The fraction of sp³-hybridized carbons (Fsp3) is 0.600. The molecular weight excluding hydrogens is 228 g/mol. The van der Waals surface area contributed by atoms with Gasteiger partial charge < -0.3 is 5.11 Å². The molecule has 0 saturated heterocycles. The predicted molar refractivity (Wildman–Crippen MR) is 77.9 cm³/mol. The molecule has 0 bridgehead atoms. The second-order valence-corrected chi connectivity index (χ2v) is 6.61. The highest BCUT2D eigenvalue weighted by atomic mass is 32.2. The Morgan fingerprint density at radius 3 is 2.53 bits per heavy atom. The van der Waals surface area contributed by atoms with Gasteiger partial charge in [0.1, 0.15) is 5.75 Å². The average Bonchev–Trinajstić information content (AvgIpc) is 2.25. The lowest BCUT2D eigenvalue weighted by Crippen LogP contribution is -2.11. The van der Waals surface area contributed by atoms with E-state index in [9.17, 15) is 5.11 Å². The summed E-state index contributed by atoms with van der Waals surface area (Å²) in [7, 11) is 0. The van der Waals surface area contributed by atoms with Crippen molar-refractivity contribution < 1.29 is 5.11 Å². The van der Waals surface area contributed by atoms with E-state index >= 15 is 0 Å². The molecule has 0 saturated carbocycles. The minimum absolute atomic E-state index is 0.00811. The first-order valence-corrected chi connectivity index (χ1v) is 7.50. The molecule has 0 spiro atoms. The van der Waals surface area contributed by atoms with Crippen molar-refractivity contribution in [2.24, 2.45) is 0 Å². The minimum atomic E-state index is 0.00811. The maximum absolute atomic E-state index is 9.87. The fourth-order valence-electron chi connectivity index (χ4n) is 1.71. The number of rotatable bonds is 5. The van der Waals surface area contributed by atoms with Gasteiger partial charge in [0.25, 0.3) is 0 Å². The van der Waals surface area contributed by atoms with Crippen LogP contribution in [0.25, 0.3) is 0 Å². The van der Waals surface area contributed by atoms with E-state index in [1.54, 1.807) is 0 Å². The Bertz CT molecular complexity index is 352. The monoisotopic (exact) mass is 252 g/mol. The lowest BCUT2D eigenvalue weighted by Gasteiger charge is -2.21. The zero-order valence-electron chi connectivity index (χ0n) is 11.4. The quantitative estimate of drug-likeness (QED) is 0.765. The highest BCUT2D eigenvalue weighted by Gasteiger charge is 2.18. The molecule has 0 unspecified atom stereocenters. The molecule has 1 aromatic rings. The third-order valence-electron chi connectivity index (χ3n) is 2.78. The van der Waals surface area contributed by atoms with Crippen LogP contribution in [0.2, 0.25) is 0 Å². The van der Waals surface area contributed by atoms with Crippen LogP contribution in [0.15, 0.2) is 18.2 Å². The van der Waals surface area contributed by atoms with Crippen LogP contribution in [0, 0.1) is 0 Å². The van der Waals surface area contributed by atoms with Gasteiger partial charge in [0.05, 0.1) is 0 Å². The Morgan fingerprint density at radius 1 is 1.24 bits per heavy atom. The standard InChI is InChI=1S/C15H24OS/c1-5-6-9-17-11-12-7-8-14(16)13(10-12)15(2,3)4/h7-8,10,16H,5-6,9,11H2,1-4H3. The van der Waals surface area contributed by atoms with E-state index in [1.165, 1.54) is 24.2 Å². The molecule has 0 heterocycles. The van der Waals surface area contributed by atoms with Gasteiger partial charge in [-0.15, -0.1) is 0 Å². The van der Waals surface area contributed by atoms with Crippen LogP contribution in [0.1, 0.15) is 51.7 Å². The lowest BCUT2D eigenvalue weighted by atomic mass is 9.85. The molecule has 1 nitrogen and oxygen atoms in total. The second-order valence-electron chi connectivity index (χ2n) is 5.51. The number of hydrogen-bond acceptors (Lipinski definition) is 2. The highest BCUT2D eigenvalue weighted by molar-refractivity contribution is 7.98. The molecule has 96 valence electrons. The summed E-state index contributed by atoms with van der Waals surface area (Å²) in [5, 5.41) is 9.87. The van der Waals surface area contributed by atoms with Crippen molar-refractivity contribution in [1.29, 1.82) is 0 Å². The minimum Gasteiger partial charge on any atom is -0.508 e. The van der Waals surface area contributed by atoms with Gasteiger partial charge >= 0.3 is 0 Å². The topological polar surface area (TPSA) is 20.2 Å². The molecule has 0 fully saturated rings. The summed E-state index contributed by atoms with van der Waals surface area (Å²) in [5.41, 5.74) is 2.37. The normalized spacial score (nSPS) is 11.8. The Labute approximate surface area is 110 Å². The first kappa shape index (κ1) is 14.4. The van der Waals surface area contributed by atoms with Gasteiger partial charge in [-0.2, -0.15) is 11.8 Å². The molecule has 1 N–H and O–H groups in total. The highest BCUT2D eigenvalue weighted by Crippen LogP contribution is 2.32. The van der Waals surface area contributed by atoms with Gasteiger partial charge in [0, 0.05) is 5.75 Å². The predicted octanol–water partition coefficient (Wildman–Crippen LogP) is 4.72. The number of hydrogen-bond donors (Lipinski definition) is 1. The molecule has 0 aliphatic carbocycles. The van der Waals surface area contributed by atoms with Gasteiger partial charge in [-0.05, 0) is 34.8 Å². The molecule has 0 aliphatic rings. The van der Waals surface area contributed by atoms with Crippen molar-refractivity contribution in [3.05, 3.63) is 29.3 Å². The van der Waals surface area contributed by atoms with Crippen molar-refractivity contribution in [2.45, 2.75) is 51.7 Å². The van der Waals surface area contributed by atoms with Gasteiger partial charge in [-0.1, -0.05) is 46.2 Å². The Balaban J connectivity index is 2.69. The van der Waals surface area contributed by atoms with Gasteiger partial charge in [-0.3, -0.25) is 0 Å².